The largest absolute Gasteiger partial charge is 0.493 e. The minimum absolute atomic E-state index is 0.0472. The highest BCUT2D eigenvalue weighted by atomic mass is 32.2. The first kappa shape index (κ1) is 21.6. The molecule has 0 spiro atoms. The Kier molecular flexibility index (Phi) is 6.70. The van der Waals surface area contributed by atoms with Gasteiger partial charge >= 0.3 is 0 Å². The summed E-state index contributed by atoms with van der Waals surface area (Å²) >= 11 is 1.64. The van der Waals surface area contributed by atoms with Gasteiger partial charge in [-0.15, -0.1) is 11.8 Å². The van der Waals surface area contributed by atoms with Gasteiger partial charge in [0.15, 0.2) is 11.5 Å². The summed E-state index contributed by atoms with van der Waals surface area (Å²) in [5, 5.41) is 3.01. The molecule has 0 bridgehead atoms. The van der Waals surface area contributed by atoms with Gasteiger partial charge in [-0.05, 0) is 42.7 Å². The average molecular weight is 441 g/mol. The Labute approximate surface area is 187 Å². The summed E-state index contributed by atoms with van der Waals surface area (Å²) in [7, 11) is 3.21. The van der Waals surface area contributed by atoms with E-state index in [4.69, 9.17) is 9.47 Å². The minimum Gasteiger partial charge on any atom is -0.493 e. The maximum absolute atomic E-state index is 13.3. The highest BCUT2D eigenvalue weighted by molar-refractivity contribution is 7.99. The van der Waals surface area contributed by atoms with Crippen LogP contribution in [0.25, 0.3) is 0 Å². The number of hydrogen-bond donors (Lipinski definition) is 1. The molecule has 1 N–H and O–H groups in total. The van der Waals surface area contributed by atoms with Gasteiger partial charge in [0.1, 0.15) is 6.54 Å². The summed E-state index contributed by atoms with van der Waals surface area (Å²) in [6.45, 7) is 0.0472. The van der Waals surface area contributed by atoms with E-state index in [0.717, 1.165) is 41.8 Å². The summed E-state index contributed by atoms with van der Waals surface area (Å²) < 4.78 is 10.8. The van der Waals surface area contributed by atoms with Crippen molar-refractivity contribution in [3.63, 3.8) is 0 Å². The molecule has 1 saturated carbocycles. The number of rotatable bonds is 6. The number of ether oxygens (including phenoxy) is 2. The molecule has 2 aromatic rings. The lowest BCUT2D eigenvalue weighted by Crippen LogP contribution is -2.43. The summed E-state index contributed by atoms with van der Waals surface area (Å²) in [4.78, 5) is 28.6. The Balaban J connectivity index is 1.58. The maximum atomic E-state index is 13.3. The molecule has 7 heteroatoms. The van der Waals surface area contributed by atoms with E-state index >= 15 is 0 Å². The highest BCUT2D eigenvalue weighted by Crippen LogP contribution is 2.46. The molecule has 1 fully saturated rings. The third-order valence-electron chi connectivity index (χ3n) is 5.89. The molecule has 0 aromatic heterocycles. The van der Waals surface area contributed by atoms with E-state index in [2.05, 4.69) is 5.32 Å². The van der Waals surface area contributed by atoms with Crippen LogP contribution in [-0.4, -0.2) is 38.6 Å². The Morgan fingerprint density at radius 2 is 1.84 bits per heavy atom. The number of thioether (sulfide) groups is 1. The second-order valence-corrected chi connectivity index (χ2v) is 9.17. The summed E-state index contributed by atoms with van der Waals surface area (Å²) in [6.07, 6.45) is 4.65. The SMILES string of the molecule is COc1ccc([C@@H]2CC(=O)N(CC(=O)NC3CCCC3)c3ccccc3S2)cc1OC. The van der Waals surface area contributed by atoms with E-state index in [1.165, 1.54) is 0 Å². The molecular weight excluding hydrogens is 412 g/mol. The molecule has 1 aliphatic carbocycles. The van der Waals surface area contributed by atoms with Gasteiger partial charge in [0.25, 0.3) is 0 Å². The van der Waals surface area contributed by atoms with Crippen LogP contribution < -0.4 is 19.7 Å². The van der Waals surface area contributed by atoms with E-state index in [9.17, 15) is 9.59 Å². The topological polar surface area (TPSA) is 67.9 Å². The molecular formula is C24H28N2O4S. The zero-order valence-corrected chi connectivity index (χ0v) is 18.7. The zero-order chi connectivity index (χ0) is 21.8. The predicted molar refractivity (Wildman–Crippen MR) is 122 cm³/mol. The summed E-state index contributed by atoms with van der Waals surface area (Å²) in [6, 6.07) is 13.8. The van der Waals surface area contributed by atoms with Gasteiger partial charge in [-0.3, -0.25) is 9.59 Å². The lowest BCUT2D eigenvalue weighted by atomic mass is 10.1. The number of methoxy groups -OCH3 is 2. The highest BCUT2D eigenvalue weighted by Gasteiger charge is 2.31. The normalized spacial score (nSPS) is 19.0. The van der Waals surface area contributed by atoms with Crippen molar-refractivity contribution in [3.05, 3.63) is 48.0 Å². The molecule has 6 nitrogen and oxygen atoms in total. The van der Waals surface area contributed by atoms with Crippen LogP contribution in [0.5, 0.6) is 11.5 Å². The minimum atomic E-state index is -0.0929. The first-order valence-electron chi connectivity index (χ1n) is 10.7. The fourth-order valence-corrected chi connectivity index (χ4v) is 5.55. The number of carbonyl (C=O) groups excluding carboxylic acids is 2. The van der Waals surface area contributed by atoms with Crippen molar-refractivity contribution in [1.29, 1.82) is 0 Å². The van der Waals surface area contributed by atoms with Gasteiger partial charge in [-0.25, -0.2) is 0 Å². The number of fused-ring (bicyclic) bond motifs is 1. The van der Waals surface area contributed by atoms with Crippen LogP contribution in [-0.2, 0) is 9.59 Å². The molecule has 2 amide bonds. The number of para-hydroxylation sites is 1. The molecule has 0 radical (unpaired) electrons. The van der Waals surface area contributed by atoms with Crippen molar-refractivity contribution in [2.24, 2.45) is 0 Å². The second kappa shape index (κ2) is 9.64. The Morgan fingerprint density at radius 3 is 2.58 bits per heavy atom. The third-order valence-corrected chi connectivity index (χ3v) is 7.21. The van der Waals surface area contributed by atoms with E-state index in [0.29, 0.717) is 17.9 Å². The summed E-state index contributed by atoms with van der Waals surface area (Å²) in [5.74, 6) is 1.14. The molecule has 31 heavy (non-hydrogen) atoms. The van der Waals surface area contributed by atoms with Crippen LogP contribution in [0.4, 0.5) is 5.69 Å². The first-order chi connectivity index (χ1) is 15.1. The van der Waals surface area contributed by atoms with Gasteiger partial charge in [0, 0.05) is 22.6 Å². The number of amides is 2. The van der Waals surface area contributed by atoms with Gasteiger partial charge < -0.3 is 19.7 Å². The number of anilines is 1. The molecule has 1 atom stereocenters. The fourth-order valence-electron chi connectivity index (χ4n) is 4.28. The van der Waals surface area contributed by atoms with Crippen LogP contribution in [0, 0.1) is 0 Å². The molecule has 0 saturated heterocycles. The van der Waals surface area contributed by atoms with Crippen LogP contribution in [0.1, 0.15) is 42.9 Å². The third kappa shape index (κ3) is 4.82. The molecule has 0 unspecified atom stereocenters. The van der Waals surface area contributed by atoms with Gasteiger partial charge in [-0.1, -0.05) is 31.0 Å². The number of benzene rings is 2. The average Bonchev–Trinajstić information content (AvgIpc) is 3.25. The lowest BCUT2D eigenvalue weighted by molar-refractivity contribution is -0.124. The van der Waals surface area contributed by atoms with Crippen LogP contribution in [0.15, 0.2) is 47.4 Å². The van der Waals surface area contributed by atoms with Crippen molar-refractivity contribution in [1.82, 2.24) is 5.32 Å². The fraction of sp³-hybridized carbons (Fsp3) is 0.417. The molecule has 4 rings (SSSR count). The Bertz CT molecular complexity index is 958. The Hall–Kier alpha value is -2.67. The number of carbonyl (C=O) groups is 2. The molecule has 2 aliphatic rings. The number of nitrogens with zero attached hydrogens (tertiary/aromatic N) is 1. The van der Waals surface area contributed by atoms with Crippen LogP contribution in [0.3, 0.4) is 0 Å². The van der Waals surface area contributed by atoms with Crippen LogP contribution >= 0.6 is 11.8 Å². The van der Waals surface area contributed by atoms with E-state index < -0.39 is 0 Å². The Morgan fingerprint density at radius 1 is 1.10 bits per heavy atom. The lowest BCUT2D eigenvalue weighted by Gasteiger charge is -2.23. The van der Waals surface area contributed by atoms with Gasteiger partial charge in [-0.2, -0.15) is 0 Å². The standard InChI is InChI=1S/C24H28N2O4S/c1-29-19-12-11-16(13-20(19)30-2)22-14-24(28)26(18-9-5-6-10-21(18)31-22)15-23(27)25-17-7-3-4-8-17/h5-6,9-13,17,22H,3-4,7-8,14-15H2,1-2H3,(H,25,27)/t22-/m0/s1. The zero-order valence-electron chi connectivity index (χ0n) is 17.9. The van der Waals surface area contributed by atoms with E-state index in [1.54, 1.807) is 30.9 Å². The molecule has 1 heterocycles. The van der Waals surface area contributed by atoms with Crippen molar-refractivity contribution in [2.75, 3.05) is 25.7 Å². The van der Waals surface area contributed by atoms with Crippen molar-refractivity contribution < 1.29 is 19.1 Å². The maximum Gasteiger partial charge on any atom is 0.240 e. The number of nitrogens with one attached hydrogen (secondary N) is 1. The smallest absolute Gasteiger partial charge is 0.240 e. The van der Waals surface area contributed by atoms with E-state index in [1.807, 2.05) is 42.5 Å². The first-order valence-corrected chi connectivity index (χ1v) is 11.5. The van der Waals surface area contributed by atoms with Crippen LogP contribution in [0.2, 0.25) is 0 Å². The molecule has 2 aromatic carbocycles. The van der Waals surface area contributed by atoms with Crippen molar-refractivity contribution >= 4 is 29.3 Å². The monoisotopic (exact) mass is 440 g/mol. The molecule has 1 aliphatic heterocycles. The van der Waals surface area contributed by atoms with Gasteiger partial charge in [0.2, 0.25) is 11.8 Å². The second-order valence-electron chi connectivity index (χ2n) is 7.92. The number of hydrogen-bond acceptors (Lipinski definition) is 5. The van der Waals surface area contributed by atoms with Crippen molar-refractivity contribution in [2.45, 2.75) is 48.3 Å². The quantitative estimate of drug-likeness (QED) is 0.724. The van der Waals surface area contributed by atoms with E-state index in [-0.39, 0.29) is 29.7 Å². The molecule has 164 valence electrons. The summed E-state index contributed by atoms with van der Waals surface area (Å²) in [5.41, 5.74) is 1.78. The van der Waals surface area contributed by atoms with Crippen molar-refractivity contribution in [3.8, 4) is 11.5 Å². The predicted octanol–water partition coefficient (Wildman–Crippen LogP) is 4.33. The van der Waals surface area contributed by atoms with Gasteiger partial charge in [0.05, 0.1) is 19.9 Å².